The highest BCUT2D eigenvalue weighted by Gasteiger charge is 2.08. The predicted octanol–water partition coefficient (Wildman–Crippen LogP) is 3.31. The van der Waals surface area contributed by atoms with Crippen molar-refractivity contribution in [3.63, 3.8) is 0 Å². The smallest absolute Gasteiger partial charge is 0.274 e. The third-order valence-corrected chi connectivity index (χ3v) is 3.92. The lowest BCUT2D eigenvalue weighted by molar-refractivity contribution is -0.116. The lowest BCUT2D eigenvalue weighted by Gasteiger charge is -2.09. The van der Waals surface area contributed by atoms with E-state index in [4.69, 9.17) is 5.73 Å². The van der Waals surface area contributed by atoms with E-state index < -0.39 is 0 Å². The zero-order chi connectivity index (χ0) is 18.1. The SMILES string of the molecule is Cl.NCCCCCCC(=O)Nc1cccn(Cc2ccc(F)cc2)c1=O. The van der Waals surface area contributed by atoms with Crippen molar-refractivity contribution in [2.24, 2.45) is 5.73 Å². The van der Waals surface area contributed by atoms with Crippen LogP contribution in [0.2, 0.25) is 0 Å². The molecule has 26 heavy (non-hydrogen) atoms. The first-order valence-electron chi connectivity index (χ1n) is 8.54. The molecule has 2 aromatic rings. The molecule has 0 aliphatic rings. The summed E-state index contributed by atoms with van der Waals surface area (Å²) in [5, 5.41) is 2.68. The van der Waals surface area contributed by atoms with E-state index in [-0.39, 0.29) is 35.4 Å². The van der Waals surface area contributed by atoms with Crippen molar-refractivity contribution in [3.8, 4) is 0 Å². The first-order valence-corrected chi connectivity index (χ1v) is 8.54. The maximum Gasteiger partial charge on any atom is 0.274 e. The molecule has 1 heterocycles. The summed E-state index contributed by atoms with van der Waals surface area (Å²) in [5.41, 5.74) is 6.23. The molecule has 142 valence electrons. The monoisotopic (exact) mass is 381 g/mol. The largest absolute Gasteiger partial charge is 0.330 e. The summed E-state index contributed by atoms with van der Waals surface area (Å²) in [7, 11) is 0. The number of amides is 1. The standard InChI is InChI=1S/C19H24FN3O2.ClH/c20-16-10-8-15(9-11-16)14-23-13-5-6-17(19(23)25)22-18(24)7-3-1-2-4-12-21;/h5-6,8-11,13H,1-4,7,12,14,21H2,(H,22,24);1H. The zero-order valence-electron chi connectivity index (χ0n) is 14.6. The van der Waals surface area contributed by atoms with Crippen molar-refractivity contribution >= 4 is 24.0 Å². The van der Waals surface area contributed by atoms with Gasteiger partial charge in [0.25, 0.3) is 5.56 Å². The molecule has 0 unspecified atom stereocenters. The molecule has 0 saturated heterocycles. The number of carbonyl (C=O) groups is 1. The number of anilines is 1. The van der Waals surface area contributed by atoms with Crippen LogP contribution in [0.3, 0.4) is 0 Å². The molecule has 7 heteroatoms. The number of nitrogens with two attached hydrogens (primary N) is 1. The van der Waals surface area contributed by atoms with E-state index >= 15 is 0 Å². The lowest BCUT2D eigenvalue weighted by atomic mass is 10.1. The molecule has 0 spiro atoms. The third-order valence-electron chi connectivity index (χ3n) is 3.92. The van der Waals surface area contributed by atoms with Crippen LogP contribution in [0.4, 0.5) is 10.1 Å². The van der Waals surface area contributed by atoms with Crippen LogP contribution < -0.4 is 16.6 Å². The van der Waals surface area contributed by atoms with Crippen LogP contribution in [-0.4, -0.2) is 17.0 Å². The Morgan fingerprint density at radius 2 is 1.77 bits per heavy atom. The molecular weight excluding hydrogens is 357 g/mol. The molecule has 0 saturated carbocycles. The Bertz CT molecular complexity index is 747. The number of nitrogens with one attached hydrogen (secondary N) is 1. The second-order valence-corrected chi connectivity index (χ2v) is 5.98. The first kappa shape index (κ1) is 21.9. The van der Waals surface area contributed by atoms with Crippen LogP contribution in [0, 0.1) is 5.82 Å². The van der Waals surface area contributed by atoms with E-state index in [1.54, 1.807) is 30.5 Å². The number of halogens is 2. The van der Waals surface area contributed by atoms with Gasteiger partial charge in [-0.25, -0.2) is 4.39 Å². The van der Waals surface area contributed by atoms with Gasteiger partial charge in [0.1, 0.15) is 11.5 Å². The second-order valence-electron chi connectivity index (χ2n) is 5.98. The van der Waals surface area contributed by atoms with Crippen molar-refractivity contribution in [1.82, 2.24) is 4.57 Å². The lowest BCUT2D eigenvalue weighted by Crippen LogP contribution is -2.25. The van der Waals surface area contributed by atoms with Gasteiger partial charge >= 0.3 is 0 Å². The minimum absolute atomic E-state index is 0. The van der Waals surface area contributed by atoms with E-state index in [2.05, 4.69) is 5.32 Å². The number of hydrogen-bond donors (Lipinski definition) is 2. The number of pyridine rings is 1. The quantitative estimate of drug-likeness (QED) is 0.654. The van der Waals surface area contributed by atoms with Gasteiger partial charge in [0.15, 0.2) is 0 Å². The normalized spacial score (nSPS) is 10.2. The highest BCUT2D eigenvalue weighted by atomic mass is 35.5. The highest BCUT2D eigenvalue weighted by Crippen LogP contribution is 2.07. The predicted molar refractivity (Wildman–Crippen MR) is 104 cm³/mol. The van der Waals surface area contributed by atoms with E-state index in [9.17, 15) is 14.0 Å². The summed E-state index contributed by atoms with van der Waals surface area (Å²) in [4.78, 5) is 24.4. The fraction of sp³-hybridized carbons (Fsp3) is 0.368. The molecule has 3 N–H and O–H groups in total. The minimum Gasteiger partial charge on any atom is -0.330 e. The molecule has 1 aromatic carbocycles. The number of rotatable bonds is 9. The molecule has 2 rings (SSSR count). The van der Waals surface area contributed by atoms with Gasteiger partial charge in [-0.05, 0) is 49.2 Å². The average molecular weight is 382 g/mol. The summed E-state index contributed by atoms with van der Waals surface area (Å²) < 4.78 is 14.5. The van der Waals surface area contributed by atoms with Gasteiger partial charge in [-0.2, -0.15) is 0 Å². The first-order chi connectivity index (χ1) is 12.1. The zero-order valence-corrected chi connectivity index (χ0v) is 15.4. The third kappa shape index (κ3) is 6.98. The summed E-state index contributed by atoms with van der Waals surface area (Å²) in [6, 6.07) is 9.29. The number of aromatic nitrogens is 1. The maximum atomic E-state index is 13.0. The number of unbranched alkanes of at least 4 members (excludes halogenated alkanes) is 3. The Kier molecular flexibility index (Phi) is 9.62. The number of hydrogen-bond acceptors (Lipinski definition) is 3. The topological polar surface area (TPSA) is 77.1 Å². The molecule has 0 bridgehead atoms. The Hall–Kier alpha value is -2.18. The number of benzene rings is 1. The minimum atomic E-state index is -0.316. The molecular formula is C19H25ClFN3O2. The summed E-state index contributed by atoms with van der Waals surface area (Å²) >= 11 is 0. The summed E-state index contributed by atoms with van der Waals surface area (Å²) in [6.45, 7) is 0.992. The van der Waals surface area contributed by atoms with Crippen LogP contribution in [-0.2, 0) is 11.3 Å². The molecule has 0 atom stereocenters. The number of nitrogens with zero attached hydrogens (tertiary/aromatic N) is 1. The fourth-order valence-corrected chi connectivity index (χ4v) is 2.54. The fourth-order valence-electron chi connectivity index (χ4n) is 2.54. The van der Waals surface area contributed by atoms with Crippen LogP contribution in [0.25, 0.3) is 0 Å². The molecule has 5 nitrogen and oxygen atoms in total. The molecule has 1 aromatic heterocycles. The van der Waals surface area contributed by atoms with Crippen LogP contribution >= 0.6 is 12.4 Å². The van der Waals surface area contributed by atoms with Gasteiger partial charge in [-0.1, -0.05) is 25.0 Å². The Morgan fingerprint density at radius 1 is 1.08 bits per heavy atom. The Labute approximate surface area is 158 Å². The molecule has 0 fully saturated rings. The summed E-state index contributed by atoms with van der Waals surface area (Å²) in [6.07, 6.45) is 5.75. The van der Waals surface area contributed by atoms with Crippen molar-refractivity contribution in [2.45, 2.75) is 38.6 Å². The van der Waals surface area contributed by atoms with Gasteiger partial charge in [0.2, 0.25) is 5.91 Å². The van der Waals surface area contributed by atoms with Gasteiger partial charge < -0.3 is 15.6 Å². The summed E-state index contributed by atoms with van der Waals surface area (Å²) in [5.74, 6) is -0.479. The van der Waals surface area contributed by atoms with Crippen LogP contribution in [0.5, 0.6) is 0 Å². The Morgan fingerprint density at radius 3 is 2.46 bits per heavy atom. The van der Waals surface area contributed by atoms with Crippen LogP contribution in [0.15, 0.2) is 47.4 Å². The maximum absolute atomic E-state index is 13.0. The van der Waals surface area contributed by atoms with Gasteiger partial charge in [0.05, 0.1) is 6.54 Å². The molecule has 0 aliphatic heterocycles. The van der Waals surface area contributed by atoms with Gasteiger partial charge in [-0.3, -0.25) is 9.59 Å². The van der Waals surface area contributed by atoms with Gasteiger partial charge in [-0.15, -0.1) is 12.4 Å². The van der Waals surface area contributed by atoms with Gasteiger partial charge in [0, 0.05) is 12.6 Å². The molecule has 0 aliphatic carbocycles. The molecule has 0 radical (unpaired) electrons. The van der Waals surface area contributed by atoms with Crippen LogP contribution in [0.1, 0.15) is 37.7 Å². The van der Waals surface area contributed by atoms with Crippen molar-refractivity contribution in [3.05, 3.63) is 64.3 Å². The van der Waals surface area contributed by atoms with E-state index in [0.29, 0.717) is 19.5 Å². The average Bonchev–Trinajstić information content (AvgIpc) is 2.60. The number of carbonyl (C=O) groups excluding carboxylic acids is 1. The molecule has 1 amide bonds. The second kappa shape index (κ2) is 11.4. The highest BCUT2D eigenvalue weighted by molar-refractivity contribution is 5.90. The van der Waals surface area contributed by atoms with E-state index in [0.717, 1.165) is 31.2 Å². The van der Waals surface area contributed by atoms with Crippen molar-refractivity contribution in [2.75, 3.05) is 11.9 Å². The van der Waals surface area contributed by atoms with Crippen molar-refractivity contribution in [1.29, 1.82) is 0 Å². The Balaban J connectivity index is 0.00000338. The van der Waals surface area contributed by atoms with Crippen molar-refractivity contribution < 1.29 is 9.18 Å². The van der Waals surface area contributed by atoms with E-state index in [1.807, 2.05) is 0 Å². The van der Waals surface area contributed by atoms with E-state index in [1.165, 1.54) is 16.7 Å².